The molecule has 2 aromatic carbocycles. The van der Waals surface area contributed by atoms with Gasteiger partial charge in [-0.1, -0.05) is 40.2 Å². The lowest BCUT2D eigenvalue weighted by Gasteiger charge is -2.12. The predicted molar refractivity (Wildman–Crippen MR) is 87.2 cm³/mol. The van der Waals surface area contributed by atoms with E-state index in [1.54, 1.807) is 0 Å². The lowest BCUT2D eigenvalue weighted by Crippen LogP contribution is -2.05. The maximum Gasteiger partial charge on any atom is 0.122 e. The van der Waals surface area contributed by atoms with Crippen LogP contribution in [0.25, 0.3) is 0 Å². The first-order valence-corrected chi connectivity index (χ1v) is 7.51. The van der Waals surface area contributed by atoms with Crippen LogP contribution in [0.15, 0.2) is 40.9 Å². The van der Waals surface area contributed by atoms with Crippen LogP contribution in [0.5, 0.6) is 5.75 Å². The molecule has 0 radical (unpaired) electrons. The van der Waals surface area contributed by atoms with Gasteiger partial charge in [-0.25, -0.2) is 0 Å². The third-order valence-electron chi connectivity index (χ3n) is 3.23. The van der Waals surface area contributed by atoms with Crippen molar-refractivity contribution in [3.8, 4) is 5.75 Å². The molecule has 20 heavy (non-hydrogen) atoms. The lowest BCUT2D eigenvalue weighted by molar-refractivity contribution is 0.303. The van der Waals surface area contributed by atoms with Gasteiger partial charge in [0.25, 0.3) is 0 Å². The van der Waals surface area contributed by atoms with Crippen molar-refractivity contribution in [2.75, 3.05) is 7.05 Å². The highest BCUT2D eigenvalue weighted by atomic mass is 79.9. The second kappa shape index (κ2) is 6.91. The Hall–Kier alpha value is -1.32. The van der Waals surface area contributed by atoms with Crippen molar-refractivity contribution in [2.24, 2.45) is 0 Å². The first-order valence-electron chi connectivity index (χ1n) is 6.72. The highest BCUT2D eigenvalue weighted by molar-refractivity contribution is 9.10. The average molecular weight is 334 g/mol. The van der Waals surface area contributed by atoms with Crippen molar-refractivity contribution in [1.82, 2.24) is 5.32 Å². The standard InChI is InChI=1S/C17H20BrNO/c1-12-4-5-13(2)17(8-12)20-11-15-7-6-14(10-19-3)9-16(15)18/h4-9,19H,10-11H2,1-3H3. The van der Waals surface area contributed by atoms with E-state index >= 15 is 0 Å². The number of nitrogens with one attached hydrogen (secondary N) is 1. The zero-order valence-corrected chi connectivity index (χ0v) is 13.8. The Morgan fingerprint density at radius 3 is 2.60 bits per heavy atom. The van der Waals surface area contributed by atoms with Gasteiger partial charge < -0.3 is 10.1 Å². The first-order chi connectivity index (χ1) is 9.60. The molecular formula is C17H20BrNO. The average Bonchev–Trinajstić information content (AvgIpc) is 2.42. The van der Waals surface area contributed by atoms with Crippen LogP contribution < -0.4 is 10.1 Å². The molecule has 0 saturated heterocycles. The van der Waals surface area contributed by atoms with Crippen LogP contribution in [-0.2, 0) is 13.2 Å². The quantitative estimate of drug-likeness (QED) is 0.877. The molecule has 3 heteroatoms. The summed E-state index contributed by atoms with van der Waals surface area (Å²) >= 11 is 3.62. The van der Waals surface area contributed by atoms with Gasteiger partial charge in [0.15, 0.2) is 0 Å². The molecule has 2 nitrogen and oxygen atoms in total. The number of halogens is 1. The maximum absolute atomic E-state index is 5.94. The summed E-state index contributed by atoms with van der Waals surface area (Å²) in [5, 5.41) is 3.15. The molecule has 0 bridgehead atoms. The summed E-state index contributed by atoms with van der Waals surface area (Å²) in [4.78, 5) is 0. The van der Waals surface area contributed by atoms with Gasteiger partial charge >= 0.3 is 0 Å². The zero-order chi connectivity index (χ0) is 14.5. The van der Waals surface area contributed by atoms with Crippen LogP contribution >= 0.6 is 15.9 Å². The molecule has 0 saturated carbocycles. The minimum atomic E-state index is 0.574. The molecule has 0 unspecified atom stereocenters. The number of rotatable bonds is 5. The smallest absolute Gasteiger partial charge is 0.122 e. The van der Waals surface area contributed by atoms with Crippen molar-refractivity contribution < 1.29 is 4.74 Å². The van der Waals surface area contributed by atoms with Crippen molar-refractivity contribution in [3.05, 3.63) is 63.1 Å². The Bertz CT molecular complexity index is 596. The van der Waals surface area contributed by atoms with E-state index in [9.17, 15) is 0 Å². The van der Waals surface area contributed by atoms with Crippen molar-refractivity contribution in [3.63, 3.8) is 0 Å². The monoisotopic (exact) mass is 333 g/mol. The molecule has 0 atom stereocenters. The Morgan fingerprint density at radius 1 is 1.10 bits per heavy atom. The molecule has 0 fully saturated rings. The Balaban J connectivity index is 2.09. The second-order valence-corrected chi connectivity index (χ2v) is 5.87. The van der Waals surface area contributed by atoms with E-state index in [-0.39, 0.29) is 0 Å². The van der Waals surface area contributed by atoms with Gasteiger partial charge in [-0.05, 0) is 49.7 Å². The molecule has 106 valence electrons. The highest BCUT2D eigenvalue weighted by Crippen LogP contribution is 2.23. The molecule has 2 aromatic rings. The molecule has 0 aliphatic heterocycles. The molecular weight excluding hydrogens is 314 g/mol. The first kappa shape index (κ1) is 15.1. The van der Waals surface area contributed by atoms with Crippen molar-refractivity contribution in [1.29, 1.82) is 0 Å². The zero-order valence-electron chi connectivity index (χ0n) is 12.2. The minimum Gasteiger partial charge on any atom is -0.489 e. The molecule has 0 heterocycles. The van der Waals surface area contributed by atoms with Gasteiger partial charge in [-0.2, -0.15) is 0 Å². The summed E-state index contributed by atoms with van der Waals surface area (Å²) < 4.78 is 7.03. The third kappa shape index (κ3) is 3.84. The van der Waals surface area contributed by atoms with Gasteiger partial charge in [0.05, 0.1) is 0 Å². The molecule has 1 N–H and O–H groups in total. The fourth-order valence-electron chi connectivity index (χ4n) is 2.04. The fraction of sp³-hybridized carbons (Fsp3) is 0.294. The number of hydrogen-bond donors (Lipinski definition) is 1. The molecule has 0 aliphatic rings. The van der Waals surface area contributed by atoms with E-state index in [1.807, 2.05) is 7.05 Å². The minimum absolute atomic E-state index is 0.574. The van der Waals surface area contributed by atoms with E-state index in [4.69, 9.17) is 4.74 Å². The molecule has 2 rings (SSSR count). The number of aryl methyl sites for hydroxylation is 2. The maximum atomic E-state index is 5.94. The number of ether oxygens (including phenoxy) is 1. The molecule has 0 amide bonds. The summed E-state index contributed by atoms with van der Waals surface area (Å²) in [6.07, 6.45) is 0. The molecule has 0 aromatic heterocycles. The number of hydrogen-bond acceptors (Lipinski definition) is 2. The van der Waals surface area contributed by atoms with Gasteiger partial charge in [-0.3, -0.25) is 0 Å². The Kier molecular flexibility index (Phi) is 5.21. The van der Waals surface area contributed by atoms with E-state index in [0.717, 1.165) is 22.3 Å². The van der Waals surface area contributed by atoms with Crippen LogP contribution in [0.2, 0.25) is 0 Å². The van der Waals surface area contributed by atoms with Gasteiger partial charge in [0.2, 0.25) is 0 Å². The SMILES string of the molecule is CNCc1ccc(COc2cc(C)ccc2C)c(Br)c1. The summed E-state index contributed by atoms with van der Waals surface area (Å²) in [7, 11) is 1.95. The number of benzene rings is 2. The molecule has 0 spiro atoms. The van der Waals surface area contributed by atoms with Crippen LogP contribution in [0, 0.1) is 13.8 Å². The second-order valence-electron chi connectivity index (χ2n) is 5.01. The van der Waals surface area contributed by atoms with Gasteiger partial charge in [0.1, 0.15) is 12.4 Å². The van der Waals surface area contributed by atoms with Gasteiger partial charge in [-0.15, -0.1) is 0 Å². The van der Waals surface area contributed by atoms with Crippen LogP contribution in [0.3, 0.4) is 0 Å². The van der Waals surface area contributed by atoms with E-state index in [1.165, 1.54) is 16.7 Å². The van der Waals surface area contributed by atoms with Crippen molar-refractivity contribution in [2.45, 2.75) is 27.0 Å². The summed E-state index contributed by atoms with van der Waals surface area (Å²) in [5.74, 6) is 0.955. The summed E-state index contributed by atoms with van der Waals surface area (Å²) in [5.41, 5.74) is 4.80. The summed E-state index contributed by atoms with van der Waals surface area (Å²) in [6, 6.07) is 12.7. The topological polar surface area (TPSA) is 21.3 Å². The van der Waals surface area contributed by atoms with E-state index < -0.39 is 0 Å². The van der Waals surface area contributed by atoms with Crippen LogP contribution in [-0.4, -0.2) is 7.05 Å². The lowest BCUT2D eigenvalue weighted by atomic mass is 10.1. The van der Waals surface area contributed by atoms with Gasteiger partial charge in [0, 0.05) is 16.6 Å². The normalized spacial score (nSPS) is 10.6. The Morgan fingerprint density at radius 2 is 1.90 bits per heavy atom. The van der Waals surface area contributed by atoms with Crippen LogP contribution in [0.1, 0.15) is 22.3 Å². The summed E-state index contributed by atoms with van der Waals surface area (Å²) in [6.45, 7) is 5.59. The largest absolute Gasteiger partial charge is 0.489 e. The van der Waals surface area contributed by atoms with Crippen molar-refractivity contribution >= 4 is 15.9 Å². The predicted octanol–water partition coefficient (Wildman–Crippen LogP) is 4.36. The van der Waals surface area contributed by atoms with E-state index in [2.05, 4.69) is 71.5 Å². The Labute approximate surface area is 129 Å². The van der Waals surface area contributed by atoms with E-state index in [0.29, 0.717) is 6.61 Å². The third-order valence-corrected chi connectivity index (χ3v) is 3.96. The molecule has 0 aliphatic carbocycles. The fourth-order valence-corrected chi connectivity index (χ4v) is 2.58. The highest BCUT2D eigenvalue weighted by Gasteiger charge is 2.05. The van der Waals surface area contributed by atoms with Crippen LogP contribution in [0.4, 0.5) is 0 Å².